The van der Waals surface area contributed by atoms with Crippen molar-refractivity contribution in [3.05, 3.63) is 71.8 Å². The van der Waals surface area contributed by atoms with E-state index in [4.69, 9.17) is 14.3 Å². The lowest BCUT2D eigenvalue weighted by Crippen LogP contribution is -2.17. The van der Waals surface area contributed by atoms with Gasteiger partial charge in [-0.2, -0.15) is 0 Å². The van der Waals surface area contributed by atoms with Crippen LogP contribution in [0.3, 0.4) is 0 Å². The molecule has 0 amide bonds. The number of benzene rings is 2. The fourth-order valence-electron chi connectivity index (χ4n) is 1.97. The second-order valence-corrected chi connectivity index (χ2v) is 4.85. The van der Waals surface area contributed by atoms with E-state index in [-0.39, 0.29) is 0 Å². The molecule has 24 heavy (non-hydrogen) atoms. The highest BCUT2D eigenvalue weighted by Crippen LogP contribution is 2.26. The lowest BCUT2D eigenvalue weighted by atomic mass is 10.0. The minimum atomic E-state index is -0.672. The Morgan fingerprint density at radius 2 is 1.21 bits per heavy atom. The summed E-state index contributed by atoms with van der Waals surface area (Å²) in [6.45, 7) is 2.34. The molecule has 0 aliphatic carbocycles. The lowest BCUT2D eigenvalue weighted by Gasteiger charge is -2.16. The number of hydrogen-bond acceptors (Lipinski definition) is 6. The summed E-state index contributed by atoms with van der Waals surface area (Å²) in [7, 11) is 0. The van der Waals surface area contributed by atoms with E-state index < -0.39 is 24.1 Å². The van der Waals surface area contributed by atoms with Crippen molar-refractivity contribution in [1.82, 2.24) is 0 Å². The van der Waals surface area contributed by atoms with Crippen LogP contribution >= 0.6 is 0 Å². The molecule has 0 saturated carbocycles. The molecule has 124 valence electrons. The second-order valence-electron chi connectivity index (χ2n) is 4.85. The summed E-state index contributed by atoms with van der Waals surface area (Å²) < 4.78 is 9.45. The number of rotatable bonds is 4. The zero-order chi connectivity index (χ0) is 17.4. The normalized spacial score (nSPS) is 9.96. The van der Waals surface area contributed by atoms with E-state index in [1.54, 1.807) is 0 Å². The monoisotopic (exact) mass is 327 g/mol. The molecule has 0 heterocycles. The summed E-state index contributed by atoms with van der Waals surface area (Å²) in [4.78, 5) is 27.7. The predicted octanol–water partition coefficient (Wildman–Crippen LogP) is 3.19. The highest BCUT2D eigenvalue weighted by atomic mass is 16.8. The molecule has 0 aliphatic rings. The molecule has 0 aromatic heterocycles. The van der Waals surface area contributed by atoms with Gasteiger partial charge in [0.2, 0.25) is 0 Å². The molecule has 0 bridgehead atoms. The van der Waals surface area contributed by atoms with Crippen LogP contribution in [0.1, 0.15) is 31.1 Å². The second kappa shape index (κ2) is 8.47. The molecule has 2 aromatic rings. The van der Waals surface area contributed by atoms with Crippen LogP contribution in [0.2, 0.25) is 0 Å². The van der Waals surface area contributed by atoms with Crippen molar-refractivity contribution in [3.8, 4) is 0 Å². The predicted molar refractivity (Wildman–Crippen MR) is 86.8 cm³/mol. The van der Waals surface area contributed by atoms with Gasteiger partial charge in [0.15, 0.2) is 6.10 Å². The van der Waals surface area contributed by atoms with Gasteiger partial charge in [0.05, 0.1) is 0 Å². The number of carbonyl (C=O) groups excluding carboxylic acids is 2. The molecule has 0 fully saturated rings. The third-order valence-corrected chi connectivity index (χ3v) is 2.90. The summed E-state index contributed by atoms with van der Waals surface area (Å²) in [6.07, 6.45) is -1.10. The van der Waals surface area contributed by atoms with Gasteiger partial charge in [0, 0.05) is 13.8 Å². The Kier molecular flexibility index (Phi) is 6.08. The maximum Gasteiger partial charge on any atom is 0.438 e. The summed E-state index contributed by atoms with van der Waals surface area (Å²) in [5.74, 6) is -1.34. The van der Waals surface area contributed by atoms with E-state index in [2.05, 4.69) is 5.16 Å². The van der Waals surface area contributed by atoms with Crippen molar-refractivity contribution in [2.45, 2.75) is 20.0 Å². The molecule has 0 unspecified atom stereocenters. The van der Waals surface area contributed by atoms with Crippen LogP contribution in [0.15, 0.2) is 65.8 Å². The first-order valence-electron chi connectivity index (χ1n) is 7.27. The number of ether oxygens (including phenoxy) is 2. The van der Waals surface area contributed by atoms with Gasteiger partial charge < -0.3 is 14.3 Å². The molecule has 0 N–H and O–H groups in total. The van der Waals surface area contributed by atoms with Crippen LogP contribution in [0, 0.1) is 0 Å². The van der Waals surface area contributed by atoms with Gasteiger partial charge in [-0.1, -0.05) is 60.7 Å². The van der Waals surface area contributed by atoms with Crippen molar-refractivity contribution >= 4 is 18.0 Å². The summed E-state index contributed by atoms with van der Waals surface area (Å²) in [6, 6.07) is 18.8. The smallest absolute Gasteiger partial charge is 0.377 e. The minimum Gasteiger partial charge on any atom is -0.377 e. The molecule has 0 aliphatic heterocycles. The molecular formula is C18H17NO5. The number of oxime groups is 1. The Bertz CT molecular complexity index is 655. The highest BCUT2D eigenvalue weighted by Gasteiger charge is 2.17. The van der Waals surface area contributed by atoms with E-state index in [1.165, 1.54) is 13.8 Å². The fraction of sp³-hybridized carbons (Fsp3) is 0.167. The molecule has 0 spiro atoms. The van der Waals surface area contributed by atoms with E-state index >= 15 is 0 Å². The maximum absolute atomic E-state index is 11.1. The third-order valence-electron chi connectivity index (χ3n) is 2.90. The molecule has 0 radical (unpaired) electrons. The van der Waals surface area contributed by atoms with E-state index in [0.717, 1.165) is 11.1 Å². The Hall–Kier alpha value is -3.15. The Labute approximate surface area is 139 Å². The van der Waals surface area contributed by atoms with Gasteiger partial charge in [-0.15, -0.1) is 0 Å². The number of carbonyl (C=O) groups is 2. The van der Waals surface area contributed by atoms with Gasteiger partial charge in [0.25, 0.3) is 0 Å². The lowest BCUT2D eigenvalue weighted by molar-refractivity contribution is -0.140. The summed E-state index contributed by atoms with van der Waals surface area (Å²) in [5, 5.41) is 3.69. The highest BCUT2D eigenvalue weighted by molar-refractivity contribution is 5.89. The molecule has 2 rings (SSSR count). The quantitative estimate of drug-likeness (QED) is 0.373. The molecule has 0 atom stereocenters. The Balaban J connectivity index is 2.29. The van der Waals surface area contributed by atoms with Gasteiger partial charge in [-0.05, 0) is 16.3 Å². The third kappa shape index (κ3) is 5.24. The number of esters is 2. The SMILES string of the molecule is CC(=O)OC(=NOC(c1ccccc1)c1ccccc1)OC(C)=O. The average Bonchev–Trinajstić information content (AvgIpc) is 2.56. The van der Waals surface area contributed by atoms with Gasteiger partial charge in [0.1, 0.15) is 0 Å². The summed E-state index contributed by atoms with van der Waals surface area (Å²) in [5.41, 5.74) is 1.69. The van der Waals surface area contributed by atoms with Crippen LogP contribution in [0.25, 0.3) is 0 Å². The van der Waals surface area contributed by atoms with Crippen molar-refractivity contribution in [2.75, 3.05) is 0 Å². The molecule has 6 heteroatoms. The van der Waals surface area contributed by atoms with Crippen LogP contribution in [-0.2, 0) is 23.9 Å². The molecule has 6 nitrogen and oxygen atoms in total. The number of hydrogen-bond donors (Lipinski definition) is 0. The van der Waals surface area contributed by atoms with Crippen LogP contribution in [-0.4, -0.2) is 18.0 Å². The first-order valence-corrected chi connectivity index (χ1v) is 7.27. The Morgan fingerprint density at radius 1 is 0.792 bits per heavy atom. The summed E-state index contributed by atoms with van der Waals surface area (Å²) >= 11 is 0. The van der Waals surface area contributed by atoms with Crippen molar-refractivity contribution in [2.24, 2.45) is 5.16 Å². The van der Waals surface area contributed by atoms with E-state index in [9.17, 15) is 9.59 Å². The minimum absolute atomic E-state index is 0.548. The first kappa shape index (κ1) is 17.2. The van der Waals surface area contributed by atoms with Crippen LogP contribution < -0.4 is 0 Å². The van der Waals surface area contributed by atoms with Crippen molar-refractivity contribution in [3.63, 3.8) is 0 Å². The van der Waals surface area contributed by atoms with Crippen LogP contribution in [0.5, 0.6) is 0 Å². The molecule has 0 saturated heterocycles. The maximum atomic E-state index is 11.1. The Morgan fingerprint density at radius 3 is 1.58 bits per heavy atom. The standard InChI is InChI=1S/C18H17NO5/c1-13(20)22-18(23-14(2)21)19-24-17(15-9-5-3-6-10-15)16-11-7-4-8-12-16/h3-12,17H,1-2H3. The van der Waals surface area contributed by atoms with E-state index in [1.807, 2.05) is 60.7 Å². The van der Waals surface area contributed by atoms with Gasteiger partial charge >= 0.3 is 18.0 Å². The molecular weight excluding hydrogens is 310 g/mol. The number of nitrogens with zero attached hydrogens (tertiary/aromatic N) is 1. The topological polar surface area (TPSA) is 74.2 Å². The van der Waals surface area contributed by atoms with Gasteiger partial charge in [-0.3, -0.25) is 9.59 Å². The first-order chi connectivity index (χ1) is 11.6. The van der Waals surface area contributed by atoms with Gasteiger partial charge in [-0.25, -0.2) is 0 Å². The zero-order valence-corrected chi connectivity index (χ0v) is 13.3. The van der Waals surface area contributed by atoms with Crippen molar-refractivity contribution in [1.29, 1.82) is 0 Å². The zero-order valence-electron chi connectivity index (χ0n) is 13.3. The van der Waals surface area contributed by atoms with Crippen molar-refractivity contribution < 1.29 is 23.9 Å². The van der Waals surface area contributed by atoms with Crippen LogP contribution in [0.4, 0.5) is 0 Å². The largest absolute Gasteiger partial charge is 0.438 e. The molecule has 2 aromatic carbocycles. The average molecular weight is 327 g/mol. The fourth-order valence-corrected chi connectivity index (χ4v) is 1.97. The van der Waals surface area contributed by atoms with E-state index in [0.29, 0.717) is 0 Å².